The fraction of sp³-hybridized carbons (Fsp3) is 0.333. The molecule has 1 amide bonds. The van der Waals surface area contributed by atoms with E-state index in [-0.39, 0.29) is 11.6 Å². The van der Waals surface area contributed by atoms with Gasteiger partial charge in [0.2, 0.25) is 0 Å². The van der Waals surface area contributed by atoms with Crippen molar-refractivity contribution < 1.29 is 22.4 Å². The first-order chi connectivity index (χ1) is 13.8. The average Bonchev–Trinajstić information content (AvgIpc) is 3.31. The van der Waals surface area contributed by atoms with Gasteiger partial charge < -0.3 is 9.47 Å². The van der Waals surface area contributed by atoms with Gasteiger partial charge in [0.1, 0.15) is 11.6 Å². The van der Waals surface area contributed by atoms with Crippen molar-refractivity contribution in [1.29, 1.82) is 0 Å². The van der Waals surface area contributed by atoms with E-state index in [4.69, 9.17) is 4.98 Å². The molecule has 1 fully saturated rings. The van der Waals surface area contributed by atoms with E-state index in [9.17, 15) is 22.4 Å². The molecule has 1 saturated heterocycles. The summed E-state index contributed by atoms with van der Waals surface area (Å²) in [5.74, 6) is -1.22. The maximum Gasteiger partial charge on any atom is 0.419 e. The maximum absolute atomic E-state index is 13.6. The third-order valence-corrected chi connectivity index (χ3v) is 5.33. The van der Waals surface area contributed by atoms with Crippen LogP contribution in [0.2, 0.25) is 0 Å². The van der Waals surface area contributed by atoms with Crippen LogP contribution in [-0.4, -0.2) is 26.9 Å². The van der Waals surface area contributed by atoms with Gasteiger partial charge in [-0.2, -0.15) is 13.2 Å². The van der Waals surface area contributed by atoms with Gasteiger partial charge in [0.25, 0.3) is 5.91 Å². The summed E-state index contributed by atoms with van der Waals surface area (Å²) in [4.78, 5) is 19.3. The van der Waals surface area contributed by atoms with Crippen LogP contribution in [0.5, 0.6) is 0 Å². The number of halogens is 4. The molecule has 1 atom stereocenters. The number of aryl methyl sites for hydroxylation is 1. The van der Waals surface area contributed by atoms with Crippen LogP contribution in [0.1, 0.15) is 47.6 Å². The molecule has 4 rings (SSSR count). The standard InChI is InChI=1S/C21H19F4N3O/c1-2-27-17-7-4-3-6-16(17)26-19(27)18-8-5-11-28(18)20(29)13-9-10-15(22)14(12-13)21(23,24)25/h3-4,6-7,9-10,12,18H,2,5,8,11H2,1H3. The molecule has 4 nitrogen and oxygen atoms in total. The highest BCUT2D eigenvalue weighted by Gasteiger charge is 2.37. The van der Waals surface area contributed by atoms with Gasteiger partial charge in [0.15, 0.2) is 0 Å². The Morgan fingerprint density at radius 1 is 1.21 bits per heavy atom. The highest BCUT2D eigenvalue weighted by molar-refractivity contribution is 5.95. The molecular formula is C21H19F4N3O. The number of carbonyl (C=O) groups excluding carboxylic acids is 1. The number of aromatic nitrogens is 2. The number of likely N-dealkylation sites (tertiary alicyclic amines) is 1. The minimum absolute atomic E-state index is 0.176. The Bertz CT molecular complexity index is 1070. The normalized spacial score (nSPS) is 17.3. The fourth-order valence-electron chi connectivity index (χ4n) is 4.00. The van der Waals surface area contributed by atoms with Crippen LogP contribution in [0, 0.1) is 5.82 Å². The van der Waals surface area contributed by atoms with E-state index in [1.165, 1.54) is 0 Å². The van der Waals surface area contributed by atoms with Gasteiger partial charge in [-0.15, -0.1) is 0 Å². The Hall–Kier alpha value is -2.90. The molecule has 0 aliphatic carbocycles. The summed E-state index contributed by atoms with van der Waals surface area (Å²) in [7, 11) is 0. The quantitative estimate of drug-likeness (QED) is 0.563. The Morgan fingerprint density at radius 2 is 1.97 bits per heavy atom. The number of fused-ring (bicyclic) bond motifs is 1. The highest BCUT2D eigenvalue weighted by atomic mass is 19.4. The molecule has 29 heavy (non-hydrogen) atoms. The number of amides is 1. The summed E-state index contributed by atoms with van der Waals surface area (Å²) in [5.41, 5.74) is 0.153. The van der Waals surface area contributed by atoms with Crippen LogP contribution in [0.15, 0.2) is 42.5 Å². The van der Waals surface area contributed by atoms with E-state index in [0.29, 0.717) is 31.6 Å². The summed E-state index contributed by atoms with van der Waals surface area (Å²) in [6, 6.07) is 9.69. The molecule has 0 bridgehead atoms. The van der Waals surface area contributed by atoms with Crippen molar-refractivity contribution in [3.8, 4) is 0 Å². The van der Waals surface area contributed by atoms with Crippen LogP contribution in [0.3, 0.4) is 0 Å². The molecule has 152 valence electrons. The predicted octanol–water partition coefficient (Wildman–Crippen LogP) is 5.19. The molecule has 1 aliphatic rings. The van der Waals surface area contributed by atoms with Gasteiger partial charge in [-0.1, -0.05) is 12.1 Å². The van der Waals surface area contributed by atoms with Crippen molar-refractivity contribution in [2.45, 2.75) is 38.5 Å². The minimum atomic E-state index is -4.86. The van der Waals surface area contributed by atoms with Gasteiger partial charge in [-0.25, -0.2) is 9.37 Å². The summed E-state index contributed by atoms with van der Waals surface area (Å²) in [6.45, 7) is 3.05. The number of hydrogen-bond acceptors (Lipinski definition) is 2. The lowest BCUT2D eigenvalue weighted by Gasteiger charge is -2.25. The Morgan fingerprint density at radius 3 is 2.69 bits per heavy atom. The SMILES string of the molecule is CCn1c(C2CCCN2C(=O)c2ccc(F)c(C(F)(F)F)c2)nc2ccccc21. The molecule has 0 radical (unpaired) electrons. The molecule has 0 saturated carbocycles. The van der Waals surface area contributed by atoms with Crippen molar-refractivity contribution in [2.24, 2.45) is 0 Å². The van der Waals surface area contributed by atoms with E-state index >= 15 is 0 Å². The number of nitrogens with zero attached hydrogens (tertiary/aromatic N) is 3. The molecular weight excluding hydrogens is 386 g/mol. The Labute approximate surface area is 164 Å². The number of imidazole rings is 1. The van der Waals surface area contributed by atoms with Gasteiger partial charge in [-0.3, -0.25) is 4.79 Å². The van der Waals surface area contributed by atoms with E-state index in [2.05, 4.69) is 0 Å². The van der Waals surface area contributed by atoms with Crippen molar-refractivity contribution in [3.63, 3.8) is 0 Å². The topological polar surface area (TPSA) is 38.1 Å². The van der Waals surface area contributed by atoms with Gasteiger partial charge in [-0.05, 0) is 50.1 Å². The molecule has 8 heteroatoms. The lowest BCUT2D eigenvalue weighted by atomic mass is 10.1. The van der Waals surface area contributed by atoms with E-state index in [1.54, 1.807) is 4.90 Å². The number of benzene rings is 2. The number of hydrogen-bond donors (Lipinski definition) is 0. The first kappa shape index (κ1) is 19.4. The zero-order chi connectivity index (χ0) is 20.8. The van der Waals surface area contributed by atoms with Crippen molar-refractivity contribution in [3.05, 3.63) is 65.2 Å². The van der Waals surface area contributed by atoms with Gasteiger partial charge in [0.05, 0.1) is 22.6 Å². The molecule has 1 unspecified atom stereocenters. The van der Waals surface area contributed by atoms with Gasteiger partial charge >= 0.3 is 6.18 Å². The first-order valence-corrected chi connectivity index (χ1v) is 9.44. The van der Waals surface area contributed by atoms with E-state index < -0.39 is 23.5 Å². The summed E-state index contributed by atoms with van der Waals surface area (Å²) < 4.78 is 54.8. The molecule has 3 aromatic rings. The predicted molar refractivity (Wildman–Crippen MR) is 99.8 cm³/mol. The monoisotopic (exact) mass is 405 g/mol. The first-order valence-electron chi connectivity index (χ1n) is 9.44. The number of alkyl halides is 3. The third kappa shape index (κ3) is 3.36. The van der Waals surface area contributed by atoms with E-state index in [1.807, 2.05) is 35.8 Å². The van der Waals surface area contributed by atoms with Crippen molar-refractivity contribution in [1.82, 2.24) is 14.5 Å². The Kier molecular flexibility index (Phi) is 4.80. The largest absolute Gasteiger partial charge is 0.419 e. The summed E-state index contributed by atoms with van der Waals surface area (Å²) >= 11 is 0. The lowest BCUT2D eigenvalue weighted by Crippen LogP contribution is -2.32. The van der Waals surface area contributed by atoms with Crippen LogP contribution in [-0.2, 0) is 12.7 Å². The van der Waals surface area contributed by atoms with Crippen LogP contribution < -0.4 is 0 Å². The number of para-hydroxylation sites is 2. The smallest absolute Gasteiger partial charge is 0.328 e. The highest BCUT2D eigenvalue weighted by Crippen LogP contribution is 2.36. The number of carbonyl (C=O) groups is 1. The molecule has 1 aliphatic heterocycles. The molecule has 2 heterocycles. The third-order valence-electron chi connectivity index (χ3n) is 5.33. The van der Waals surface area contributed by atoms with Crippen molar-refractivity contribution in [2.75, 3.05) is 6.54 Å². The van der Waals surface area contributed by atoms with Crippen LogP contribution in [0.4, 0.5) is 17.6 Å². The zero-order valence-corrected chi connectivity index (χ0v) is 15.7. The second-order valence-electron chi connectivity index (χ2n) is 7.05. The maximum atomic E-state index is 13.6. The average molecular weight is 405 g/mol. The van der Waals surface area contributed by atoms with Crippen LogP contribution in [0.25, 0.3) is 11.0 Å². The second-order valence-corrected chi connectivity index (χ2v) is 7.05. The molecule has 0 N–H and O–H groups in total. The van der Waals surface area contributed by atoms with Crippen molar-refractivity contribution >= 4 is 16.9 Å². The zero-order valence-electron chi connectivity index (χ0n) is 15.7. The summed E-state index contributed by atoms with van der Waals surface area (Å²) in [6.07, 6.45) is -3.47. The number of rotatable bonds is 3. The molecule has 1 aromatic heterocycles. The van der Waals surface area contributed by atoms with Gasteiger partial charge in [0, 0.05) is 18.7 Å². The van der Waals surface area contributed by atoms with Crippen LogP contribution >= 0.6 is 0 Å². The Balaban J connectivity index is 1.72. The fourth-order valence-corrected chi connectivity index (χ4v) is 4.00. The van der Waals surface area contributed by atoms with E-state index in [0.717, 1.165) is 29.3 Å². The summed E-state index contributed by atoms with van der Waals surface area (Å²) in [5, 5.41) is 0. The molecule has 2 aromatic carbocycles. The lowest BCUT2D eigenvalue weighted by molar-refractivity contribution is -0.140. The minimum Gasteiger partial charge on any atom is -0.328 e. The second kappa shape index (κ2) is 7.17. The molecule has 0 spiro atoms.